The third-order valence-electron chi connectivity index (χ3n) is 2.19. The Morgan fingerprint density at radius 1 is 1.50 bits per heavy atom. The van der Waals surface area contributed by atoms with E-state index in [1.807, 2.05) is 31.2 Å². The first-order valence-corrected chi connectivity index (χ1v) is 4.69. The average molecular weight is 215 g/mol. The van der Waals surface area contributed by atoms with E-state index in [1.165, 1.54) is 6.33 Å². The van der Waals surface area contributed by atoms with E-state index < -0.39 is 0 Å². The van der Waals surface area contributed by atoms with E-state index in [0.717, 1.165) is 11.3 Å². The Bertz CT molecular complexity index is 512. The Morgan fingerprint density at radius 2 is 2.38 bits per heavy atom. The molecule has 0 fully saturated rings. The zero-order chi connectivity index (χ0) is 11.4. The van der Waals surface area contributed by atoms with E-state index in [1.54, 1.807) is 4.68 Å². The van der Waals surface area contributed by atoms with Gasteiger partial charge in [0.1, 0.15) is 6.33 Å². The molecule has 80 valence electrons. The summed E-state index contributed by atoms with van der Waals surface area (Å²) in [5.74, 6) is 0. The lowest BCUT2D eigenvalue weighted by molar-refractivity contribution is 0.776. The highest BCUT2D eigenvalue weighted by molar-refractivity contribution is 5.35. The molecule has 1 heterocycles. The number of rotatable bonds is 3. The molecule has 1 atom stereocenters. The molecule has 0 aliphatic heterocycles. The number of tetrazole rings is 1. The van der Waals surface area contributed by atoms with Crippen molar-refractivity contribution in [1.82, 2.24) is 20.2 Å². The van der Waals surface area contributed by atoms with Gasteiger partial charge in [-0.05, 0) is 33.7 Å². The van der Waals surface area contributed by atoms with Gasteiger partial charge < -0.3 is 0 Å². The molecule has 0 unspecified atom stereocenters. The van der Waals surface area contributed by atoms with Crippen LogP contribution in [0.2, 0.25) is 0 Å². The standard InChI is InChI=1S/C9H9N7/c1-7(12-13-10)8-3-2-4-9(5-8)16-6-11-14-15-16/h2-7H,1H3/t7-/m1/s1. The monoisotopic (exact) mass is 215 g/mol. The third-order valence-corrected chi connectivity index (χ3v) is 2.19. The molecule has 0 radical (unpaired) electrons. The summed E-state index contributed by atoms with van der Waals surface area (Å²) in [6.07, 6.45) is 1.51. The molecule has 7 nitrogen and oxygen atoms in total. The maximum Gasteiger partial charge on any atom is 0.143 e. The summed E-state index contributed by atoms with van der Waals surface area (Å²) < 4.78 is 1.55. The van der Waals surface area contributed by atoms with E-state index in [-0.39, 0.29) is 6.04 Å². The van der Waals surface area contributed by atoms with Crippen molar-refractivity contribution in [2.75, 3.05) is 0 Å². The minimum atomic E-state index is -0.207. The summed E-state index contributed by atoms with van der Waals surface area (Å²) >= 11 is 0. The van der Waals surface area contributed by atoms with Crippen molar-refractivity contribution in [1.29, 1.82) is 0 Å². The molecule has 0 N–H and O–H groups in total. The molecule has 0 bridgehead atoms. The molecule has 7 heteroatoms. The number of hydrogen-bond acceptors (Lipinski definition) is 4. The van der Waals surface area contributed by atoms with Crippen LogP contribution in [0.15, 0.2) is 35.7 Å². The van der Waals surface area contributed by atoms with Crippen LogP contribution in [0.4, 0.5) is 0 Å². The second-order valence-corrected chi connectivity index (χ2v) is 3.23. The fraction of sp³-hybridized carbons (Fsp3) is 0.222. The maximum atomic E-state index is 8.37. The molecule has 0 saturated carbocycles. The summed E-state index contributed by atoms with van der Waals surface area (Å²) in [4.78, 5) is 2.78. The maximum absolute atomic E-state index is 8.37. The topological polar surface area (TPSA) is 92.4 Å². The fourth-order valence-electron chi connectivity index (χ4n) is 1.35. The number of aromatic nitrogens is 4. The predicted molar refractivity (Wildman–Crippen MR) is 56.7 cm³/mol. The first-order valence-electron chi connectivity index (χ1n) is 4.69. The number of hydrogen-bond donors (Lipinski definition) is 0. The van der Waals surface area contributed by atoms with Gasteiger partial charge in [-0.25, -0.2) is 4.68 Å². The van der Waals surface area contributed by atoms with E-state index in [9.17, 15) is 0 Å². The summed E-state index contributed by atoms with van der Waals surface area (Å²) in [6, 6.07) is 7.32. The number of azide groups is 1. The smallest absolute Gasteiger partial charge is 0.143 e. The van der Waals surface area contributed by atoms with Crippen molar-refractivity contribution in [2.45, 2.75) is 13.0 Å². The zero-order valence-electron chi connectivity index (χ0n) is 8.59. The molecule has 0 aliphatic carbocycles. The Morgan fingerprint density at radius 3 is 3.06 bits per heavy atom. The lowest BCUT2D eigenvalue weighted by Gasteiger charge is -2.06. The summed E-state index contributed by atoms with van der Waals surface area (Å²) in [7, 11) is 0. The highest BCUT2D eigenvalue weighted by Crippen LogP contribution is 2.19. The molecule has 2 aromatic rings. The molecule has 0 aliphatic rings. The van der Waals surface area contributed by atoms with Crippen LogP contribution in [0, 0.1) is 0 Å². The number of nitrogens with zero attached hydrogens (tertiary/aromatic N) is 7. The van der Waals surface area contributed by atoms with Crippen molar-refractivity contribution >= 4 is 0 Å². The SMILES string of the molecule is C[C@@H](N=[N+]=[N-])c1cccc(-n2cnnn2)c1. The van der Waals surface area contributed by atoms with Crippen LogP contribution in [-0.4, -0.2) is 20.2 Å². The van der Waals surface area contributed by atoms with Gasteiger partial charge in [0.25, 0.3) is 0 Å². The second kappa shape index (κ2) is 4.41. The first-order chi connectivity index (χ1) is 7.81. The molecule has 0 spiro atoms. The van der Waals surface area contributed by atoms with E-state index in [0.29, 0.717) is 0 Å². The van der Waals surface area contributed by atoms with Gasteiger partial charge in [0.15, 0.2) is 0 Å². The highest BCUT2D eigenvalue weighted by Gasteiger charge is 2.04. The van der Waals surface area contributed by atoms with Crippen LogP contribution in [0.25, 0.3) is 16.1 Å². The van der Waals surface area contributed by atoms with Gasteiger partial charge >= 0.3 is 0 Å². The minimum absolute atomic E-state index is 0.207. The van der Waals surface area contributed by atoms with Crippen LogP contribution >= 0.6 is 0 Å². The lowest BCUT2D eigenvalue weighted by Crippen LogP contribution is -1.97. The summed E-state index contributed by atoms with van der Waals surface area (Å²) in [5.41, 5.74) is 10.1. The van der Waals surface area contributed by atoms with Gasteiger partial charge in [-0.2, -0.15) is 0 Å². The Balaban J connectivity index is 2.37. The molecular formula is C9H9N7. The normalized spacial score (nSPS) is 11.8. The average Bonchev–Trinajstić information content (AvgIpc) is 2.83. The molecular weight excluding hydrogens is 206 g/mol. The van der Waals surface area contributed by atoms with Crippen molar-refractivity contribution in [3.05, 3.63) is 46.6 Å². The van der Waals surface area contributed by atoms with Gasteiger partial charge in [-0.1, -0.05) is 24.2 Å². The number of benzene rings is 1. The van der Waals surface area contributed by atoms with Gasteiger partial charge in [-0.15, -0.1) is 5.10 Å². The first kappa shape index (κ1) is 10.1. The van der Waals surface area contributed by atoms with Gasteiger partial charge in [0.2, 0.25) is 0 Å². The van der Waals surface area contributed by atoms with E-state index in [2.05, 4.69) is 25.6 Å². The largest absolute Gasteiger partial charge is 0.201 e. The van der Waals surface area contributed by atoms with Crippen LogP contribution in [0.3, 0.4) is 0 Å². The van der Waals surface area contributed by atoms with Crippen molar-refractivity contribution in [2.24, 2.45) is 5.11 Å². The summed E-state index contributed by atoms with van der Waals surface area (Å²) in [6.45, 7) is 1.83. The Kier molecular flexibility index (Phi) is 2.79. The van der Waals surface area contributed by atoms with Crippen molar-refractivity contribution in [3.8, 4) is 5.69 Å². The highest BCUT2D eigenvalue weighted by atomic mass is 15.5. The van der Waals surface area contributed by atoms with E-state index >= 15 is 0 Å². The van der Waals surface area contributed by atoms with Crippen LogP contribution in [0.1, 0.15) is 18.5 Å². The molecule has 0 saturated heterocycles. The fourth-order valence-corrected chi connectivity index (χ4v) is 1.35. The molecule has 1 aromatic carbocycles. The van der Waals surface area contributed by atoms with Gasteiger partial charge in [-0.3, -0.25) is 0 Å². The second-order valence-electron chi connectivity index (χ2n) is 3.23. The van der Waals surface area contributed by atoms with Gasteiger partial charge in [0.05, 0.1) is 11.7 Å². The van der Waals surface area contributed by atoms with E-state index in [4.69, 9.17) is 5.53 Å². The zero-order valence-corrected chi connectivity index (χ0v) is 8.59. The third kappa shape index (κ3) is 1.99. The Hall–Kier alpha value is -2.40. The minimum Gasteiger partial charge on any atom is -0.201 e. The lowest BCUT2D eigenvalue weighted by atomic mass is 10.1. The molecule has 2 rings (SSSR count). The van der Waals surface area contributed by atoms with Gasteiger partial charge in [0, 0.05) is 4.91 Å². The predicted octanol–water partition coefficient (Wildman–Crippen LogP) is 2.03. The Labute approximate surface area is 91.3 Å². The van der Waals surface area contributed by atoms with Crippen LogP contribution in [0.5, 0.6) is 0 Å². The quantitative estimate of drug-likeness (QED) is 0.445. The molecule has 0 amide bonds. The van der Waals surface area contributed by atoms with Crippen molar-refractivity contribution < 1.29 is 0 Å². The van der Waals surface area contributed by atoms with Crippen LogP contribution in [-0.2, 0) is 0 Å². The summed E-state index contributed by atoms with van der Waals surface area (Å²) in [5, 5.41) is 14.5. The van der Waals surface area contributed by atoms with Crippen LogP contribution < -0.4 is 0 Å². The molecule has 1 aromatic heterocycles. The van der Waals surface area contributed by atoms with Crippen molar-refractivity contribution in [3.63, 3.8) is 0 Å². The molecule has 16 heavy (non-hydrogen) atoms.